The molecule has 0 bridgehead atoms. The van der Waals surface area contributed by atoms with Crippen LogP contribution < -0.4 is 0 Å². The number of hydrogen-bond acceptors (Lipinski definition) is 8. The first-order valence-electron chi connectivity index (χ1n) is 13.2. The van der Waals surface area contributed by atoms with Crippen LogP contribution in [0.3, 0.4) is 0 Å². The summed E-state index contributed by atoms with van der Waals surface area (Å²) in [6, 6.07) is 0. The summed E-state index contributed by atoms with van der Waals surface area (Å²) in [6.45, 7) is 9.04. The van der Waals surface area contributed by atoms with Crippen molar-refractivity contribution in [3.05, 3.63) is 11.6 Å². The maximum absolute atomic E-state index is 12.3. The average Bonchev–Trinajstić information content (AvgIpc) is 3.04. The molecule has 0 radical (unpaired) electrons. The molecule has 8 heteroatoms. The Balaban J connectivity index is 1.70. The molecule has 0 aliphatic heterocycles. The zero-order chi connectivity index (χ0) is 26.2. The molecule has 200 valence electrons. The fourth-order valence-corrected chi connectivity index (χ4v) is 8.44. The highest BCUT2D eigenvalue weighted by atomic mass is 16.4. The van der Waals surface area contributed by atoms with E-state index in [0.29, 0.717) is 44.2 Å². The predicted molar refractivity (Wildman–Crippen MR) is 131 cm³/mol. The number of hydrogen-bond donors (Lipinski definition) is 7. The third-order valence-electron chi connectivity index (χ3n) is 10.7. The second-order valence-electron chi connectivity index (χ2n) is 13.3. The van der Waals surface area contributed by atoms with Gasteiger partial charge in [-0.05, 0) is 101 Å². The molecule has 0 aromatic rings. The van der Waals surface area contributed by atoms with Gasteiger partial charge in [0.05, 0.1) is 40.8 Å². The predicted octanol–water partition coefficient (Wildman–Crippen LogP) is 2.12. The van der Waals surface area contributed by atoms with Crippen LogP contribution in [0.5, 0.6) is 0 Å². The highest BCUT2D eigenvalue weighted by Gasteiger charge is 2.68. The van der Waals surface area contributed by atoms with Crippen molar-refractivity contribution in [2.75, 3.05) is 0 Å². The highest BCUT2D eigenvalue weighted by molar-refractivity contribution is 5.99. The fraction of sp³-hybridized carbons (Fsp3) is 0.889. The van der Waals surface area contributed by atoms with Crippen LogP contribution in [0.25, 0.3) is 0 Å². The Morgan fingerprint density at radius 2 is 1.71 bits per heavy atom. The van der Waals surface area contributed by atoms with Crippen molar-refractivity contribution in [1.82, 2.24) is 0 Å². The van der Waals surface area contributed by atoms with Gasteiger partial charge in [-0.15, -0.1) is 0 Å². The zero-order valence-corrected chi connectivity index (χ0v) is 21.8. The molecule has 0 aromatic carbocycles. The first-order chi connectivity index (χ1) is 16.0. The second kappa shape index (κ2) is 8.50. The first-order valence-corrected chi connectivity index (χ1v) is 13.2. The van der Waals surface area contributed by atoms with E-state index in [1.807, 2.05) is 6.92 Å². The monoisotopic (exact) mass is 495 g/mol. The zero-order valence-electron chi connectivity index (χ0n) is 21.8. The molecule has 0 heterocycles. The third kappa shape index (κ3) is 3.99. The summed E-state index contributed by atoms with van der Waals surface area (Å²) in [5, 5.41) is 79.3. The molecule has 8 nitrogen and oxygen atoms in total. The molecule has 10 unspecified atom stereocenters. The number of allylic oxidation sites excluding steroid dienone is 1. The summed E-state index contributed by atoms with van der Waals surface area (Å²) in [5.74, 6) is -0.656. The van der Waals surface area contributed by atoms with Crippen LogP contribution >= 0.6 is 0 Å². The topological polar surface area (TPSA) is 154 Å². The van der Waals surface area contributed by atoms with Gasteiger partial charge in [-0.3, -0.25) is 0 Å². The average molecular weight is 496 g/mol. The lowest BCUT2D eigenvalue weighted by atomic mass is 9.45. The third-order valence-corrected chi connectivity index (χ3v) is 10.7. The number of fused-ring (bicyclic) bond motifs is 5. The Hall–Kier alpha value is -1.03. The molecular weight excluding hydrogens is 450 g/mol. The summed E-state index contributed by atoms with van der Waals surface area (Å²) >= 11 is 0. The normalized spacial score (nSPS) is 47.3. The van der Waals surface area contributed by atoms with E-state index in [1.54, 1.807) is 26.8 Å². The van der Waals surface area contributed by atoms with Crippen molar-refractivity contribution >= 4 is 5.71 Å². The SMILES string of the molecule is CC(C)(O)CCC(O)C(C)(O)C1CCC2(O)C3=CC(=NO)C4CC(O)C(O)CC4(C)C3CCC12C. The fourth-order valence-electron chi connectivity index (χ4n) is 8.44. The lowest BCUT2D eigenvalue weighted by molar-refractivity contribution is -0.172. The molecule has 0 saturated heterocycles. The standard InChI is InChI=1S/C27H45NO7/c1-23(2,32)9-8-22(31)26(5,33)21-7-11-27(34)16-12-18(28-35)17-13-19(29)20(30)14-24(17,3)15(16)6-10-25(21,27)4/h12,15,17,19-22,29-35H,6-11,13-14H2,1-5H3. The van der Waals surface area contributed by atoms with Crippen molar-refractivity contribution in [2.24, 2.45) is 33.7 Å². The van der Waals surface area contributed by atoms with Crippen LogP contribution in [0.2, 0.25) is 0 Å². The molecule has 4 rings (SSSR count). The van der Waals surface area contributed by atoms with Crippen molar-refractivity contribution in [3.63, 3.8) is 0 Å². The smallest absolute Gasteiger partial charge is 0.0920 e. The lowest BCUT2D eigenvalue weighted by Crippen LogP contribution is -2.62. The molecule has 0 aromatic heterocycles. The lowest BCUT2D eigenvalue weighted by Gasteiger charge is -2.61. The summed E-state index contributed by atoms with van der Waals surface area (Å²) in [4.78, 5) is 0. The first kappa shape index (κ1) is 27.0. The number of aliphatic hydroxyl groups is 6. The molecule has 0 amide bonds. The van der Waals surface area contributed by atoms with Crippen molar-refractivity contribution in [3.8, 4) is 0 Å². The van der Waals surface area contributed by atoms with Gasteiger partial charge in [0.25, 0.3) is 0 Å². The van der Waals surface area contributed by atoms with Crippen molar-refractivity contribution < 1.29 is 35.8 Å². The molecule has 7 N–H and O–H groups in total. The van der Waals surface area contributed by atoms with Gasteiger partial charge >= 0.3 is 0 Å². The number of aliphatic hydroxyl groups excluding tert-OH is 3. The number of nitrogens with zero attached hydrogens (tertiary/aromatic N) is 1. The van der Waals surface area contributed by atoms with Crippen LogP contribution in [0.1, 0.15) is 86.0 Å². The van der Waals surface area contributed by atoms with Gasteiger partial charge in [0.2, 0.25) is 0 Å². The number of oxime groups is 1. The Morgan fingerprint density at radius 3 is 2.31 bits per heavy atom. The number of rotatable bonds is 5. The maximum atomic E-state index is 12.3. The molecular formula is C27H45NO7. The molecule has 4 aliphatic carbocycles. The Bertz CT molecular complexity index is 894. The molecule has 10 atom stereocenters. The van der Waals surface area contributed by atoms with Gasteiger partial charge < -0.3 is 35.8 Å². The summed E-state index contributed by atoms with van der Waals surface area (Å²) in [6.07, 6.45) is 2.53. The minimum Gasteiger partial charge on any atom is -0.411 e. The molecule has 0 spiro atoms. The van der Waals surface area contributed by atoms with Crippen molar-refractivity contribution in [1.29, 1.82) is 0 Å². The van der Waals surface area contributed by atoms with E-state index in [0.717, 1.165) is 12.0 Å². The van der Waals surface area contributed by atoms with E-state index in [4.69, 9.17) is 0 Å². The quantitative estimate of drug-likeness (QED) is 0.228. The van der Waals surface area contributed by atoms with Gasteiger partial charge in [-0.25, -0.2) is 0 Å². The molecule has 35 heavy (non-hydrogen) atoms. The maximum Gasteiger partial charge on any atom is 0.0920 e. The van der Waals surface area contributed by atoms with Crippen LogP contribution in [-0.2, 0) is 0 Å². The van der Waals surface area contributed by atoms with Gasteiger partial charge in [0, 0.05) is 11.3 Å². The summed E-state index contributed by atoms with van der Waals surface area (Å²) < 4.78 is 0. The second-order valence-corrected chi connectivity index (χ2v) is 13.3. The van der Waals surface area contributed by atoms with E-state index in [1.165, 1.54) is 0 Å². The van der Waals surface area contributed by atoms with Gasteiger partial charge in [0.15, 0.2) is 0 Å². The van der Waals surface area contributed by atoms with Crippen LogP contribution in [0.15, 0.2) is 16.8 Å². The minimum absolute atomic E-state index is 0.0537. The Morgan fingerprint density at radius 1 is 1.06 bits per heavy atom. The Labute approximate surface area is 208 Å². The Kier molecular flexibility index (Phi) is 6.56. The molecule has 3 saturated carbocycles. The minimum atomic E-state index is -1.46. The van der Waals surface area contributed by atoms with Crippen molar-refractivity contribution in [2.45, 2.75) is 121 Å². The highest BCUT2D eigenvalue weighted by Crippen LogP contribution is 2.68. The van der Waals surface area contributed by atoms with Crippen LogP contribution in [0, 0.1) is 28.6 Å². The van der Waals surface area contributed by atoms with Gasteiger partial charge in [-0.2, -0.15) is 0 Å². The van der Waals surface area contributed by atoms with Crippen LogP contribution in [-0.4, -0.2) is 76.7 Å². The van der Waals surface area contributed by atoms with Gasteiger partial charge in [0.1, 0.15) is 0 Å². The van der Waals surface area contributed by atoms with E-state index >= 15 is 0 Å². The molecule has 4 aliphatic rings. The summed E-state index contributed by atoms with van der Waals surface area (Å²) in [5.41, 5.74) is -3.66. The van der Waals surface area contributed by atoms with E-state index in [-0.39, 0.29) is 24.2 Å². The van der Waals surface area contributed by atoms with Gasteiger partial charge in [-0.1, -0.05) is 19.0 Å². The largest absolute Gasteiger partial charge is 0.411 e. The van der Waals surface area contributed by atoms with Crippen LogP contribution in [0.4, 0.5) is 0 Å². The van der Waals surface area contributed by atoms with E-state index < -0.39 is 45.9 Å². The summed E-state index contributed by atoms with van der Waals surface area (Å²) in [7, 11) is 0. The molecule has 3 fully saturated rings. The van der Waals surface area contributed by atoms with E-state index in [2.05, 4.69) is 12.1 Å². The van der Waals surface area contributed by atoms with E-state index in [9.17, 15) is 35.8 Å².